The van der Waals surface area contributed by atoms with Crippen LogP contribution in [-0.4, -0.2) is 44.7 Å². The summed E-state index contributed by atoms with van der Waals surface area (Å²) in [5.74, 6) is 1.35. The second kappa shape index (κ2) is 10.6. The first kappa shape index (κ1) is 20.8. The summed E-state index contributed by atoms with van der Waals surface area (Å²) in [5.41, 5.74) is 2.99. The van der Waals surface area contributed by atoms with Crippen molar-refractivity contribution < 1.29 is 14.3 Å². The van der Waals surface area contributed by atoms with Crippen molar-refractivity contribution in [2.45, 2.75) is 26.8 Å². The topological polar surface area (TPSA) is 50.8 Å². The molecule has 0 unspecified atom stereocenters. The highest BCUT2D eigenvalue weighted by Gasteiger charge is 2.08. The summed E-state index contributed by atoms with van der Waals surface area (Å²) < 4.78 is 10.6. The quantitative estimate of drug-likeness (QED) is 0.695. The highest BCUT2D eigenvalue weighted by molar-refractivity contribution is 5.94. The smallest absolute Gasteiger partial charge is 0.251 e. The molecular weight excluding hydrogens is 340 g/mol. The minimum absolute atomic E-state index is 0.0511. The lowest BCUT2D eigenvalue weighted by molar-refractivity contribution is 0.0954. The van der Waals surface area contributed by atoms with Gasteiger partial charge in [0.05, 0.1) is 14.2 Å². The van der Waals surface area contributed by atoms with Gasteiger partial charge < -0.3 is 14.8 Å². The number of ether oxygens (including phenoxy) is 2. The van der Waals surface area contributed by atoms with Gasteiger partial charge in [0.2, 0.25) is 0 Å². The molecule has 1 N–H and O–H groups in total. The Morgan fingerprint density at radius 1 is 0.926 bits per heavy atom. The van der Waals surface area contributed by atoms with Crippen molar-refractivity contribution in [2.24, 2.45) is 0 Å². The van der Waals surface area contributed by atoms with E-state index in [1.54, 1.807) is 14.2 Å². The second-order valence-corrected chi connectivity index (χ2v) is 6.35. The van der Waals surface area contributed by atoms with Crippen LogP contribution in [0.4, 0.5) is 0 Å². The van der Waals surface area contributed by atoms with E-state index in [0.717, 1.165) is 31.6 Å². The number of nitrogens with one attached hydrogen (secondary N) is 1. The minimum atomic E-state index is -0.0511. The summed E-state index contributed by atoms with van der Waals surface area (Å²) in [4.78, 5) is 14.7. The number of carbonyl (C=O) groups is 1. The van der Waals surface area contributed by atoms with Gasteiger partial charge in [0.25, 0.3) is 5.91 Å². The molecule has 0 radical (unpaired) electrons. The van der Waals surface area contributed by atoms with Crippen molar-refractivity contribution >= 4 is 5.91 Å². The van der Waals surface area contributed by atoms with Crippen LogP contribution in [0.25, 0.3) is 0 Å². The highest BCUT2D eigenvalue weighted by atomic mass is 16.5. The number of nitrogens with zero attached hydrogens (tertiary/aromatic N) is 1. The molecule has 0 fully saturated rings. The molecule has 5 nitrogen and oxygen atoms in total. The fraction of sp³-hybridized carbons (Fsp3) is 0.409. The predicted molar refractivity (Wildman–Crippen MR) is 109 cm³/mol. The lowest BCUT2D eigenvalue weighted by Crippen LogP contribution is -2.26. The third kappa shape index (κ3) is 6.00. The van der Waals surface area contributed by atoms with Crippen LogP contribution in [0, 0.1) is 0 Å². The lowest BCUT2D eigenvalue weighted by atomic mass is 10.1. The van der Waals surface area contributed by atoms with Gasteiger partial charge in [-0.25, -0.2) is 0 Å². The summed E-state index contributed by atoms with van der Waals surface area (Å²) in [6.45, 7) is 7.83. The van der Waals surface area contributed by atoms with Crippen molar-refractivity contribution in [2.75, 3.05) is 33.9 Å². The molecule has 0 saturated carbocycles. The molecule has 0 heterocycles. The molecule has 1 amide bonds. The van der Waals surface area contributed by atoms with Gasteiger partial charge in [-0.2, -0.15) is 0 Å². The van der Waals surface area contributed by atoms with Gasteiger partial charge in [-0.1, -0.05) is 32.0 Å². The van der Waals surface area contributed by atoms with Crippen molar-refractivity contribution in [3.63, 3.8) is 0 Å². The van der Waals surface area contributed by atoms with Gasteiger partial charge in [-0.05, 0) is 54.9 Å². The SMILES string of the molecule is CCN(CC)Cc1ccc(C(=O)NCCc2ccc(OC)c(OC)c2)cc1. The number of amides is 1. The first-order valence-electron chi connectivity index (χ1n) is 9.41. The summed E-state index contributed by atoms with van der Waals surface area (Å²) in [6, 6.07) is 13.6. The summed E-state index contributed by atoms with van der Waals surface area (Å²) in [5, 5.41) is 2.97. The summed E-state index contributed by atoms with van der Waals surface area (Å²) in [6.07, 6.45) is 0.728. The Balaban J connectivity index is 1.87. The normalized spacial score (nSPS) is 10.7. The van der Waals surface area contributed by atoms with Gasteiger partial charge >= 0.3 is 0 Å². The van der Waals surface area contributed by atoms with Crippen LogP contribution < -0.4 is 14.8 Å². The number of rotatable bonds is 10. The van der Waals surface area contributed by atoms with E-state index in [9.17, 15) is 4.79 Å². The number of carbonyl (C=O) groups excluding carboxylic acids is 1. The minimum Gasteiger partial charge on any atom is -0.493 e. The molecule has 27 heavy (non-hydrogen) atoms. The van der Waals surface area contributed by atoms with E-state index in [-0.39, 0.29) is 5.91 Å². The average Bonchev–Trinajstić information content (AvgIpc) is 2.72. The first-order chi connectivity index (χ1) is 13.1. The van der Waals surface area contributed by atoms with E-state index < -0.39 is 0 Å². The zero-order valence-electron chi connectivity index (χ0n) is 16.7. The molecule has 0 spiro atoms. The van der Waals surface area contributed by atoms with E-state index >= 15 is 0 Å². The number of hydrogen-bond donors (Lipinski definition) is 1. The molecule has 0 aliphatic carbocycles. The molecule has 0 aliphatic heterocycles. The van der Waals surface area contributed by atoms with Crippen LogP contribution in [0.15, 0.2) is 42.5 Å². The van der Waals surface area contributed by atoms with Crippen molar-refractivity contribution in [1.82, 2.24) is 10.2 Å². The molecule has 0 aliphatic rings. The Hall–Kier alpha value is -2.53. The molecule has 0 saturated heterocycles. The van der Waals surface area contributed by atoms with Gasteiger partial charge in [0, 0.05) is 18.7 Å². The first-order valence-corrected chi connectivity index (χ1v) is 9.41. The van der Waals surface area contributed by atoms with Gasteiger partial charge in [-0.15, -0.1) is 0 Å². The van der Waals surface area contributed by atoms with E-state index in [1.165, 1.54) is 5.56 Å². The van der Waals surface area contributed by atoms with Crippen LogP contribution in [0.2, 0.25) is 0 Å². The number of benzene rings is 2. The van der Waals surface area contributed by atoms with E-state index in [2.05, 4.69) is 24.1 Å². The molecule has 0 atom stereocenters. The maximum atomic E-state index is 12.3. The van der Waals surface area contributed by atoms with Crippen LogP contribution in [0.1, 0.15) is 35.3 Å². The molecule has 2 rings (SSSR count). The van der Waals surface area contributed by atoms with Crippen LogP contribution in [0.3, 0.4) is 0 Å². The van der Waals surface area contributed by atoms with Crippen molar-refractivity contribution in [3.05, 3.63) is 59.2 Å². The molecule has 2 aromatic carbocycles. The van der Waals surface area contributed by atoms with Crippen LogP contribution in [0.5, 0.6) is 11.5 Å². The standard InChI is InChI=1S/C22H30N2O3/c1-5-24(6-2)16-18-7-10-19(11-8-18)22(25)23-14-13-17-9-12-20(26-3)21(15-17)27-4/h7-12,15H,5-6,13-14,16H2,1-4H3,(H,23,25). The maximum Gasteiger partial charge on any atom is 0.251 e. The number of hydrogen-bond acceptors (Lipinski definition) is 4. The highest BCUT2D eigenvalue weighted by Crippen LogP contribution is 2.27. The third-order valence-electron chi connectivity index (χ3n) is 4.66. The molecule has 2 aromatic rings. The predicted octanol–water partition coefficient (Wildman–Crippen LogP) is 3.52. The fourth-order valence-corrected chi connectivity index (χ4v) is 2.93. The number of methoxy groups -OCH3 is 2. The third-order valence-corrected chi connectivity index (χ3v) is 4.66. The van der Waals surface area contributed by atoms with Gasteiger partial charge in [0.1, 0.15) is 0 Å². The monoisotopic (exact) mass is 370 g/mol. The van der Waals surface area contributed by atoms with E-state index in [1.807, 2.05) is 42.5 Å². The molecule has 0 aromatic heterocycles. The van der Waals surface area contributed by atoms with Crippen LogP contribution in [-0.2, 0) is 13.0 Å². The zero-order valence-corrected chi connectivity index (χ0v) is 16.7. The van der Waals surface area contributed by atoms with Gasteiger partial charge in [-0.3, -0.25) is 9.69 Å². The second-order valence-electron chi connectivity index (χ2n) is 6.35. The van der Waals surface area contributed by atoms with Crippen molar-refractivity contribution in [3.8, 4) is 11.5 Å². The Labute approximate surface area is 162 Å². The van der Waals surface area contributed by atoms with Gasteiger partial charge in [0.15, 0.2) is 11.5 Å². The largest absolute Gasteiger partial charge is 0.493 e. The maximum absolute atomic E-state index is 12.3. The molecular formula is C22H30N2O3. The fourth-order valence-electron chi connectivity index (χ4n) is 2.93. The summed E-state index contributed by atoms with van der Waals surface area (Å²) in [7, 11) is 3.23. The Morgan fingerprint density at radius 3 is 2.15 bits per heavy atom. The van der Waals surface area contributed by atoms with E-state index in [0.29, 0.717) is 23.6 Å². The molecule has 5 heteroatoms. The summed E-state index contributed by atoms with van der Waals surface area (Å²) >= 11 is 0. The Kier molecular flexibility index (Phi) is 8.14. The molecule has 146 valence electrons. The van der Waals surface area contributed by atoms with Crippen LogP contribution >= 0.6 is 0 Å². The average molecular weight is 370 g/mol. The zero-order chi connectivity index (χ0) is 19.6. The Bertz CT molecular complexity index is 725. The Morgan fingerprint density at radius 2 is 1.56 bits per heavy atom. The van der Waals surface area contributed by atoms with Crippen molar-refractivity contribution in [1.29, 1.82) is 0 Å². The van der Waals surface area contributed by atoms with E-state index in [4.69, 9.17) is 9.47 Å². The lowest BCUT2D eigenvalue weighted by Gasteiger charge is -2.18. The molecule has 0 bridgehead atoms.